The molecule has 0 atom stereocenters. The molecule has 0 spiro atoms. The maximum absolute atomic E-state index is 11.8. The van der Waals surface area contributed by atoms with Gasteiger partial charge in [-0.2, -0.15) is 0 Å². The number of nitrogens with one attached hydrogen (secondary N) is 1. The van der Waals surface area contributed by atoms with Crippen molar-refractivity contribution in [3.63, 3.8) is 0 Å². The Morgan fingerprint density at radius 1 is 1.35 bits per heavy atom. The summed E-state index contributed by atoms with van der Waals surface area (Å²) in [5.41, 5.74) is 2.61. The van der Waals surface area contributed by atoms with E-state index < -0.39 is 0 Å². The van der Waals surface area contributed by atoms with Crippen molar-refractivity contribution >= 4 is 11.6 Å². The van der Waals surface area contributed by atoms with Crippen molar-refractivity contribution < 1.29 is 4.79 Å². The van der Waals surface area contributed by atoms with Gasteiger partial charge in [-0.05, 0) is 37.3 Å². The van der Waals surface area contributed by atoms with E-state index in [9.17, 15) is 4.79 Å². The van der Waals surface area contributed by atoms with Crippen LogP contribution in [0.5, 0.6) is 0 Å². The van der Waals surface area contributed by atoms with Crippen molar-refractivity contribution in [2.45, 2.75) is 31.7 Å². The highest BCUT2D eigenvalue weighted by atomic mass is 16.2. The van der Waals surface area contributed by atoms with E-state index in [4.69, 9.17) is 0 Å². The Bertz CT molecular complexity index is 426. The second-order valence-corrected chi connectivity index (χ2v) is 5.00. The van der Waals surface area contributed by atoms with Crippen LogP contribution in [0.25, 0.3) is 0 Å². The molecule has 1 fully saturated rings. The number of para-hydroxylation sites is 1. The monoisotopic (exact) mass is 230 g/mol. The number of anilines is 1. The predicted molar refractivity (Wildman–Crippen MR) is 68.1 cm³/mol. The van der Waals surface area contributed by atoms with Crippen LogP contribution in [-0.4, -0.2) is 25.0 Å². The second-order valence-electron chi connectivity index (χ2n) is 5.00. The number of nitrogens with zero attached hydrogens (tertiary/aromatic N) is 1. The minimum atomic E-state index is 0.171. The molecule has 0 bridgehead atoms. The average Bonchev–Trinajstić information content (AvgIpc) is 3.13. The lowest BCUT2D eigenvalue weighted by Gasteiger charge is -2.30. The molecule has 3 rings (SSSR count). The lowest BCUT2D eigenvalue weighted by atomic mass is 10.0. The lowest BCUT2D eigenvalue weighted by molar-refractivity contribution is -0.119. The van der Waals surface area contributed by atoms with Gasteiger partial charge in [0.05, 0.1) is 6.54 Å². The SMILES string of the molecule is O=C(CN1CCCc2ccccc21)NC1CC1. The zero-order valence-corrected chi connectivity index (χ0v) is 9.98. The van der Waals surface area contributed by atoms with Gasteiger partial charge in [0.2, 0.25) is 5.91 Å². The van der Waals surface area contributed by atoms with Gasteiger partial charge in [-0.25, -0.2) is 0 Å². The molecule has 17 heavy (non-hydrogen) atoms. The normalized spacial score (nSPS) is 18.7. The van der Waals surface area contributed by atoms with Gasteiger partial charge in [-0.1, -0.05) is 18.2 Å². The number of carbonyl (C=O) groups is 1. The van der Waals surface area contributed by atoms with E-state index in [0.29, 0.717) is 12.6 Å². The zero-order chi connectivity index (χ0) is 11.7. The number of hydrogen-bond donors (Lipinski definition) is 1. The Kier molecular flexibility index (Phi) is 2.75. The molecule has 1 aromatic carbocycles. The Morgan fingerprint density at radius 3 is 3.00 bits per heavy atom. The highest BCUT2D eigenvalue weighted by Crippen LogP contribution is 2.26. The summed E-state index contributed by atoms with van der Waals surface area (Å²) in [5.74, 6) is 0.171. The predicted octanol–water partition coefficient (Wildman–Crippen LogP) is 1.72. The van der Waals surface area contributed by atoms with E-state index >= 15 is 0 Å². The van der Waals surface area contributed by atoms with Crippen LogP contribution in [-0.2, 0) is 11.2 Å². The first-order valence-electron chi connectivity index (χ1n) is 6.45. The van der Waals surface area contributed by atoms with Gasteiger partial charge in [-0.3, -0.25) is 4.79 Å². The summed E-state index contributed by atoms with van der Waals surface area (Å²) in [6.07, 6.45) is 4.59. The van der Waals surface area contributed by atoms with Gasteiger partial charge in [0.25, 0.3) is 0 Å². The van der Waals surface area contributed by atoms with Gasteiger partial charge in [0, 0.05) is 18.3 Å². The van der Waals surface area contributed by atoms with Crippen LogP contribution in [0, 0.1) is 0 Å². The topological polar surface area (TPSA) is 32.3 Å². The summed E-state index contributed by atoms with van der Waals surface area (Å²) in [7, 11) is 0. The van der Waals surface area contributed by atoms with Crippen molar-refractivity contribution in [2.75, 3.05) is 18.0 Å². The average molecular weight is 230 g/mol. The van der Waals surface area contributed by atoms with Gasteiger partial charge >= 0.3 is 0 Å². The first kappa shape index (κ1) is 10.6. The van der Waals surface area contributed by atoms with E-state index in [2.05, 4.69) is 34.5 Å². The summed E-state index contributed by atoms with van der Waals surface area (Å²) in [4.78, 5) is 14.0. The van der Waals surface area contributed by atoms with Crippen LogP contribution >= 0.6 is 0 Å². The highest BCUT2D eigenvalue weighted by molar-refractivity contribution is 5.82. The van der Waals surface area contributed by atoms with Crippen molar-refractivity contribution in [3.05, 3.63) is 29.8 Å². The number of benzene rings is 1. The fourth-order valence-electron chi connectivity index (χ4n) is 2.45. The third-order valence-electron chi connectivity index (χ3n) is 3.48. The number of hydrogen-bond acceptors (Lipinski definition) is 2. The molecule has 0 unspecified atom stereocenters. The summed E-state index contributed by atoms with van der Waals surface area (Å²) in [5, 5.41) is 3.05. The molecule has 1 amide bonds. The van der Waals surface area contributed by atoms with Crippen LogP contribution in [0.4, 0.5) is 5.69 Å². The number of carbonyl (C=O) groups excluding carboxylic acids is 1. The minimum Gasteiger partial charge on any atom is -0.362 e. The number of amides is 1. The quantitative estimate of drug-likeness (QED) is 0.857. The summed E-state index contributed by atoms with van der Waals surface area (Å²) >= 11 is 0. The number of aryl methyl sites for hydroxylation is 1. The Balaban J connectivity index is 1.69. The molecular weight excluding hydrogens is 212 g/mol. The third-order valence-corrected chi connectivity index (χ3v) is 3.48. The Labute approximate surface area is 102 Å². The standard InChI is InChI=1S/C14H18N2O/c17-14(15-12-7-8-12)10-16-9-3-5-11-4-1-2-6-13(11)16/h1-2,4,6,12H,3,5,7-10H2,(H,15,17). The second kappa shape index (κ2) is 4.40. The largest absolute Gasteiger partial charge is 0.362 e. The number of fused-ring (bicyclic) bond motifs is 1. The maximum Gasteiger partial charge on any atom is 0.239 e. The molecule has 0 saturated heterocycles. The maximum atomic E-state index is 11.8. The molecular formula is C14H18N2O. The highest BCUT2D eigenvalue weighted by Gasteiger charge is 2.25. The minimum absolute atomic E-state index is 0.171. The smallest absolute Gasteiger partial charge is 0.239 e. The summed E-state index contributed by atoms with van der Waals surface area (Å²) in [6, 6.07) is 8.88. The Morgan fingerprint density at radius 2 is 2.18 bits per heavy atom. The van der Waals surface area contributed by atoms with Crippen LogP contribution in [0.2, 0.25) is 0 Å². The zero-order valence-electron chi connectivity index (χ0n) is 9.98. The molecule has 3 nitrogen and oxygen atoms in total. The van der Waals surface area contributed by atoms with Gasteiger partial charge in [-0.15, -0.1) is 0 Å². The van der Waals surface area contributed by atoms with Crippen LogP contribution in [0.1, 0.15) is 24.8 Å². The van der Waals surface area contributed by atoms with Crippen molar-refractivity contribution in [3.8, 4) is 0 Å². The molecule has 90 valence electrons. The van der Waals surface area contributed by atoms with E-state index in [-0.39, 0.29) is 5.91 Å². The van der Waals surface area contributed by atoms with Gasteiger partial charge < -0.3 is 10.2 Å². The molecule has 1 N–H and O–H groups in total. The molecule has 2 aliphatic rings. The fraction of sp³-hybridized carbons (Fsp3) is 0.500. The molecule has 1 aliphatic carbocycles. The summed E-state index contributed by atoms with van der Waals surface area (Å²) in [6.45, 7) is 1.50. The lowest BCUT2D eigenvalue weighted by Crippen LogP contribution is -2.40. The van der Waals surface area contributed by atoms with E-state index in [1.807, 2.05) is 0 Å². The van der Waals surface area contributed by atoms with Gasteiger partial charge in [0.15, 0.2) is 0 Å². The van der Waals surface area contributed by atoms with Crippen LogP contribution < -0.4 is 10.2 Å². The van der Waals surface area contributed by atoms with Crippen molar-refractivity contribution in [2.24, 2.45) is 0 Å². The molecule has 0 radical (unpaired) electrons. The number of rotatable bonds is 3. The molecule has 1 heterocycles. The van der Waals surface area contributed by atoms with Crippen molar-refractivity contribution in [1.29, 1.82) is 0 Å². The van der Waals surface area contributed by atoms with Crippen LogP contribution in [0.3, 0.4) is 0 Å². The van der Waals surface area contributed by atoms with Crippen molar-refractivity contribution in [1.82, 2.24) is 5.32 Å². The molecule has 1 aromatic rings. The first-order chi connectivity index (χ1) is 8.33. The summed E-state index contributed by atoms with van der Waals surface area (Å²) < 4.78 is 0. The van der Waals surface area contributed by atoms with E-state index in [1.165, 1.54) is 11.3 Å². The Hall–Kier alpha value is -1.51. The molecule has 1 saturated carbocycles. The van der Waals surface area contributed by atoms with E-state index in [1.54, 1.807) is 0 Å². The third kappa shape index (κ3) is 2.43. The van der Waals surface area contributed by atoms with Gasteiger partial charge in [0.1, 0.15) is 0 Å². The molecule has 1 aliphatic heterocycles. The molecule has 0 aromatic heterocycles. The van der Waals surface area contributed by atoms with E-state index in [0.717, 1.165) is 32.2 Å². The first-order valence-corrected chi connectivity index (χ1v) is 6.45. The molecule has 3 heteroatoms. The fourth-order valence-corrected chi connectivity index (χ4v) is 2.45. The van der Waals surface area contributed by atoms with Crippen LogP contribution in [0.15, 0.2) is 24.3 Å².